The summed E-state index contributed by atoms with van der Waals surface area (Å²) in [6, 6.07) is 10.5. The summed E-state index contributed by atoms with van der Waals surface area (Å²) in [7, 11) is 0. The van der Waals surface area contributed by atoms with Gasteiger partial charge < -0.3 is 4.57 Å². The van der Waals surface area contributed by atoms with Gasteiger partial charge in [0.15, 0.2) is 0 Å². The van der Waals surface area contributed by atoms with E-state index >= 15 is 0 Å². The van der Waals surface area contributed by atoms with Gasteiger partial charge in [0, 0.05) is 18.5 Å². The molecule has 1 aromatic carbocycles. The smallest absolute Gasteiger partial charge is 0.136 e. The first kappa shape index (κ1) is 15.7. The Balaban J connectivity index is 1.60. The molecule has 0 atom stereocenters. The number of hydrogen-bond acceptors (Lipinski definition) is 4. The van der Waals surface area contributed by atoms with Crippen LogP contribution in [0, 0.1) is 11.3 Å². The zero-order valence-electron chi connectivity index (χ0n) is 13.8. The molecule has 1 aromatic heterocycles. The molecule has 0 amide bonds. The van der Waals surface area contributed by atoms with E-state index in [1.165, 1.54) is 5.56 Å². The van der Waals surface area contributed by atoms with Crippen LogP contribution in [-0.2, 0) is 6.54 Å². The Morgan fingerprint density at radius 1 is 1.30 bits per heavy atom. The molecular weight excluding hydrogens is 286 g/mol. The maximum absolute atomic E-state index is 9.00. The fourth-order valence-electron chi connectivity index (χ4n) is 3.29. The van der Waals surface area contributed by atoms with Crippen LogP contribution in [0.1, 0.15) is 55.6 Å². The number of piperidine rings is 1. The van der Waals surface area contributed by atoms with Crippen LogP contribution in [0.2, 0.25) is 0 Å². The first-order valence-corrected chi connectivity index (χ1v) is 8.28. The van der Waals surface area contributed by atoms with Crippen LogP contribution in [0.4, 0.5) is 0 Å². The minimum Gasteiger partial charge on any atom is -0.315 e. The van der Waals surface area contributed by atoms with Gasteiger partial charge in [0.1, 0.15) is 12.2 Å². The molecule has 1 aliphatic heterocycles. The van der Waals surface area contributed by atoms with E-state index < -0.39 is 0 Å². The van der Waals surface area contributed by atoms with E-state index in [1.54, 1.807) is 0 Å². The number of benzene rings is 1. The molecule has 0 N–H and O–H groups in total. The van der Waals surface area contributed by atoms with Crippen LogP contribution in [-0.4, -0.2) is 32.8 Å². The Kier molecular flexibility index (Phi) is 4.73. The topological polar surface area (TPSA) is 57.7 Å². The van der Waals surface area contributed by atoms with Crippen LogP contribution >= 0.6 is 0 Å². The average Bonchev–Trinajstić information content (AvgIpc) is 3.06. The molecular formula is C18H23N5. The van der Waals surface area contributed by atoms with Gasteiger partial charge in [-0.1, -0.05) is 12.1 Å². The van der Waals surface area contributed by atoms with E-state index in [-0.39, 0.29) is 0 Å². The minimum atomic E-state index is 0.409. The van der Waals surface area contributed by atoms with Crippen molar-refractivity contribution < 1.29 is 0 Å². The van der Waals surface area contributed by atoms with Gasteiger partial charge in [-0.2, -0.15) is 5.26 Å². The Labute approximate surface area is 137 Å². The van der Waals surface area contributed by atoms with E-state index in [9.17, 15) is 0 Å². The molecule has 120 valence electrons. The maximum Gasteiger partial charge on any atom is 0.136 e. The van der Waals surface area contributed by atoms with Gasteiger partial charge in [-0.25, -0.2) is 0 Å². The Morgan fingerprint density at radius 3 is 2.78 bits per heavy atom. The summed E-state index contributed by atoms with van der Waals surface area (Å²) in [6.45, 7) is 7.38. The third-order valence-electron chi connectivity index (χ3n) is 4.57. The van der Waals surface area contributed by atoms with Crippen LogP contribution in [0.5, 0.6) is 0 Å². The largest absolute Gasteiger partial charge is 0.315 e. The zero-order chi connectivity index (χ0) is 16.2. The Hall–Kier alpha value is -2.19. The summed E-state index contributed by atoms with van der Waals surface area (Å²) in [4.78, 5) is 2.46. The summed E-state index contributed by atoms with van der Waals surface area (Å²) in [5.41, 5.74) is 1.95. The lowest BCUT2D eigenvalue weighted by molar-refractivity contribution is 0.199. The van der Waals surface area contributed by atoms with Crippen molar-refractivity contribution in [2.75, 3.05) is 13.1 Å². The quantitative estimate of drug-likeness (QED) is 0.870. The van der Waals surface area contributed by atoms with Crippen molar-refractivity contribution in [1.82, 2.24) is 19.7 Å². The second-order valence-electron chi connectivity index (χ2n) is 6.55. The van der Waals surface area contributed by atoms with Gasteiger partial charge >= 0.3 is 0 Å². The normalized spacial score (nSPS) is 16.6. The van der Waals surface area contributed by atoms with Gasteiger partial charge in [-0.3, -0.25) is 4.90 Å². The van der Waals surface area contributed by atoms with Crippen molar-refractivity contribution in [2.45, 2.75) is 45.2 Å². The Bertz CT molecular complexity index is 689. The molecule has 1 saturated heterocycles. The van der Waals surface area contributed by atoms with E-state index in [0.29, 0.717) is 12.0 Å². The first-order valence-electron chi connectivity index (χ1n) is 8.28. The molecule has 0 aliphatic carbocycles. The predicted octanol–water partition coefficient (Wildman–Crippen LogP) is 3.11. The number of hydrogen-bond donors (Lipinski definition) is 0. The SMILES string of the molecule is CC(C)n1cnnc1C1CCN(Cc2cccc(C#N)c2)CC1. The minimum absolute atomic E-state index is 0.409. The number of nitrogens with zero attached hydrogens (tertiary/aromatic N) is 5. The summed E-state index contributed by atoms with van der Waals surface area (Å²) >= 11 is 0. The van der Waals surface area contributed by atoms with Crippen molar-refractivity contribution in [3.63, 3.8) is 0 Å². The highest BCUT2D eigenvalue weighted by Crippen LogP contribution is 2.28. The van der Waals surface area contributed by atoms with Gasteiger partial charge in [0.25, 0.3) is 0 Å². The number of rotatable bonds is 4. The van der Waals surface area contributed by atoms with Crippen molar-refractivity contribution in [3.8, 4) is 6.07 Å². The third kappa shape index (κ3) is 3.59. The van der Waals surface area contributed by atoms with Gasteiger partial charge in [-0.15, -0.1) is 10.2 Å². The molecule has 0 radical (unpaired) electrons. The lowest BCUT2D eigenvalue weighted by atomic mass is 9.95. The summed E-state index contributed by atoms with van der Waals surface area (Å²) in [5, 5.41) is 17.4. The number of aromatic nitrogens is 3. The molecule has 23 heavy (non-hydrogen) atoms. The first-order chi connectivity index (χ1) is 11.2. The lowest BCUT2D eigenvalue weighted by Gasteiger charge is -2.32. The molecule has 2 aromatic rings. The van der Waals surface area contributed by atoms with E-state index in [2.05, 4.69) is 45.6 Å². The summed E-state index contributed by atoms with van der Waals surface area (Å²) in [5.74, 6) is 1.63. The second-order valence-corrected chi connectivity index (χ2v) is 6.55. The molecule has 5 nitrogen and oxygen atoms in total. The molecule has 1 aliphatic rings. The van der Waals surface area contributed by atoms with E-state index in [0.717, 1.165) is 43.9 Å². The molecule has 0 spiro atoms. The molecule has 0 bridgehead atoms. The van der Waals surface area contributed by atoms with Gasteiger partial charge in [-0.05, 0) is 57.5 Å². The van der Waals surface area contributed by atoms with Crippen molar-refractivity contribution in [3.05, 3.63) is 47.5 Å². The monoisotopic (exact) mass is 309 g/mol. The predicted molar refractivity (Wildman–Crippen MR) is 88.8 cm³/mol. The highest BCUT2D eigenvalue weighted by molar-refractivity contribution is 5.32. The van der Waals surface area contributed by atoms with Gasteiger partial charge in [0.2, 0.25) is 0 Å². The standard InChI is InChI=1S/C18H23N5/c1-14(2)23-13-20-21-18(23)17-6-8-22(9-7-17)12-16-5-3-4-15(10-16)11-19/h3-5,10,13-14,17H,6-9,12H2,1-2H3. The molecule has 3 rings (SSSR count). The maximum atomic E-state index is 9.00. The van der Waals surface area contributed by atoms with E-state index in [1.807, 2.05) is 24.5 Å². The van der Waals surface area contributed by atoms with Crippen LogP contribution in [0.15, 0.2) is 30.6 Å². The van der Waals surface area contributed by atoms with Crippen molar-refractivity contribution in [2.24, 2.45) is 0 Å². The van der Waals surface area contributed by atoms with E-state index in [4.69, 9.17) is 5.26 Å². The molecule has 1 fully saturated rings. The third-order valence-corrected chi connectivity index (χ3v) is 4.57. The van der Waals surface area contributed by atoms with Crippen LogP contribution in [0.25, 0.3) is 0 Å². The fraction of sp³-hybridized carbons (Fsp3) is 0.500. The summed E-state index contributed by atoms with van der Waals surface area (Å²) < 4.78 is 2.19. The zero-order valence-corrected chi connectivity index (χ0v) is 13.8. The molecule has 0 unspecified atom stereocenters. The highest BCUT2D eigenvalue weighted by atomic mass is 15.3. The average molecular weight is 309 g/mol. The molecule has 2 heterocycles. The van der Waals surface area contributed by atoms with Crippen molar-refractivity contribution >= 4 is 0 Å². The van der Waals surface area contributed by atoms with Crippen molar-refractivity contribution in [1.29, 1.82) is 5.26 Å². The fourth-order valence-corrected chi connectivity index (χ4v) is 3.29. The number of nitriles is 1. The summed E-state index contributed by atoms with van der Waals surface area (Å²) in [6.07, 6.45) is 4.08. The second kappa shape index (κ2) is 6.93. The molecule has 0 saturated carbocycles. The highest BCUT2D eigenvalue weighted by Gasteiger charge is 2.25. The lowest BCUT2D eigenvalue weighted by Crippen LogP contribution is -2.33. The van der Waals surface area contributed by atoms with Crippen LogP contribution in [0.3, 0.4) is 0 Å². The Morgan fingerprint density at radius 2 is 2.09 bits per heavy atom. The van der Waals surface area contributed by atoms with Gasteiger partial charge in [0.05, 0.1) is 11.6 Å². The number of likely N-dealkylation sites (tertiary alicyclic amines) is 1. The van der Waals surface area contributed by atoms with Crippen LogP contribution < -0.4 is 0 Å². The molecule has 5 heteroatoms.